The maximum Gasteiger partial charge on any atom is 0.338 e. The van der Waals surface area contributed by atoms with Crippen molar-refractivity contribution in [1.82, 2.24) is 9.55 Å². The minimum Gasteiger partial charge on any atom is -0.464 e. The molecule has 0 amide bonds. The van der Waals surface area contributed by atoms with Crippen LogP contribution in [0.2, 0.25) is 0 Å². The normalized spacial score (nSPS) is 26.1. The molecule has 9 heteroatoms. The molecule has 0 saturated carbocycles. The molecule has 1 aromatic rings. The third-order valence-corrected chi connectivity index (χ3v) is 4.23. The van der Waals surface area contributed by atoms with Gasteiger partial charge in [-0.15, -0.1) is 0 Å². The number of aromatic nitrogens is 2. The lowest BCUT2D eigenvalue weighted by Gasteiger charge is -2.31. The zero-order valence-electron chi connectivity index (χ0n) is 13.8. The van der Waals surface area contributed by atoms with Crippen molar-refractivity contribution in [2.75, 3.05) is 13.2 Å². The van der Waals surface area contributed by atoms with Crippen LogP contribution in [0.5, 0.6) is 0 Å². The van der Waals surface area contributed by atoms with Crippen LogP contribution in [0, 0.1) is 12.8 Å². The fourth-order valence-corrected chi connectivity index (χ4v) is 2.84. The summed E-state index contributed by atoms with van der Waals surface area (Å²) in [6.07, 6.45) is -0.220. The van der Waals surface area contributed by atoms with Gasteiger partial charge in [-0.25, -0.2) is 9.59 Å². The summed E-state index contributed by atoms with van der Waals surface area (Å²) < 4.78 is 11.6. The number of carbonyl (C=O) groups is 1. The Balaban J connectivity index is 2.46. The Morgan fingerprint density at radius 2 is 2.21 bits per heavy atom. The predicted molar refractivity (Wildman–Crippen MR) is 82.4 cm³/mol. The molecule has 1 saturated heterocycles. The first-order valence-electron chi connectivity index (χ1n) is 7.70. The van der Waals surface area contributed by atoms with Gasteiger partial charge in [0.1, 0.15) is 6.23 Å². The van der Waals surface area contributed by atoms with Crippen molar-refractivity contribution in [2.24, 2.45) is 5.92 Å². The number of rotatable bonds is 5. The number of nitrogens with one attached hydrogen (secondary N) is 1. The van der Waals surface area contributed by atoms with Crippen LogP contribution in [0.1, 0.15) is 32.1 Å². The molecule has 2 heterocycles. The second kappa shape index (κ2) is 6.88. The van der Waals surface area contributed by atoms with Gasteiger partial charge >= 0.3 is 11.7 Å². The number of carbonyl (C=O) groups excluding carboxylic acids is 1. The number of aliphatic hydroxyl groups is 2. The summed E-state index contributed by atoms with van der Waals surface area (Å²) in [7, 11) is 0. The van der Waals surface area contributed by atoms with E-state index < -0.39 is 41.1 Å². The summed E-state index contributed by atoms with van der Waals surface area (Å²) >= 11 is 0. The Hall–Kier alpha value is -1.97. The van der Waals surface area contributed by atoms with Gasteiger partial charge in [0.05, 0.1) is 19.3 Å². The maximum atomic E-state index is 12.1. The van der Waals surface area contributed by atoms with Crippen LogP contribution in [0.25, 0.3) is 0 Å². The summed E-state index contributed by atoms with van der Waals surface area (Å²) in [6.45, 7) is 4.18. The van der Waals surface area contributed by atoms with Gasteiger partial charge in [-0.3, -0.25) is 14.3 Å². The first-order valence-corrected chi connectivity index (χ1v) is 7.70. The first kappa shape index (κ1) is 18.4. The van der Waals surface area contributed by atoms with Crippen LogP contribution in [0.15, 0.2) is 15.8 Å². The number of aryl methyl sites for hydroxylation is 1. The van der Waals surface area contributed by atoms with E-state index >= 15 is 0 Å². The number of hydrogen-bond acceptors (Lipinski definition) is 7. The number of H-pyrrole nitrogens is 1. The minimum atomic E-state index is -1.92. The van der Waals surface area contributed by atoms with Crippen molar-refractivity contribution in [3.63, 3.8) is 0 Å². The third kappa shape index (κ3) is 3.28. The second-order valence-corrected chi connectivity index (χ2v) is 6.02. The Morgan fingerprint density at radius 3 is 2.79 bits per heavy atom. The Bertz CT molecular complexity index is 721. The number of aromatic amines is 1. The highest BCUT2D eigenvalue weighted by molar-refractivity contribution is 5.79. The molecule has 1 fully saturated rings. The van der Waals surface area contributed by atoms with Gasteiger partial charge in [-0.1, -0.05) is 0 Å². The number of nitrogens with zero attached hydrogens (tertiary/aromatic N) is 1. The van der Waals surface area contributed by atoms with Gasteiger partial charge in [0.2, 0.25) is 0 Å². The van der Waals surface area contributed by atoms with Crippen LogP contribution >= 0.6 is 0 Å². The van der Waals surface area contributed by atoms with E-state index in [1.165, 1.54) is 20.0 Å². The zero-order valence-corrected chi connectivity index (χ0v) is 13.8. The molecule has 2 rings (SSSR count). The SMILES string of the molecule is CCOC(=O)[C@@](C)(O)[C@@H]1C[C@@H](CO)O[C@H]1n1cc(C)c(=O)[nH]c1=O. The van der Waals surface area contributed by atoms with Crippen LogP contribution in [-0.2, 0) is 14.3 Å². The molecule has 0 spiro atoms. The Morgan fingerprint density at radius 1 is 1.54 bits per heavy atom. The molecule has 134 valence electrons. The highest BCUT2D eigenvalue weighted by atomic mass is 16.6. The molecule has 1 aliphatic rings. The van der Waals surface area contributed by atoms with Gasteiger partial charge in [0, 0.05) is 17.7 Å². The van der Waals surface area contributed by atoms with Crippen LogP contribution in [0.4, 0.5) is 0 Å². The maximum absolute atomic E-state index is 12.1. The average Bonchev–Trinajstić information content (AvgIpc) is 2.96. The third-order valence-electron chi connectivity index (χ3n) is 4.23. The van der Waals surface area contributed by atoms with Gasteiger partial charge in [0.25, 0.3) is 5.56 Å². The summed E-state index contributed by atoms with van der Waals surface area (Å²) in [4.78, 5) is 37.9. The van der Waals surface area contributed by atoms with E-state index in [4.69, 9.17) is 9.47 Å². The second-order valence-electron chi connectivity index (χ2n) is 6.02. The molecule has 3 N–H and O–H groups in total. The number of ether oxygens (including phenoxy) is 2. The summed E-state index contributed by atoms with van der Waals surface area (Å²) in [5, 5.41) is 20.0. The number of esters is 1. The highest BCUT2D eigenvalue weighted by Gasteiger charge is 2.51. The van der Waals surface area contributed by atoms with Crippen molar-refractivity contribution in [3.8, 4) is 0 Å². The van der Waals surface area contributed by atoms with Crippen molar-refractivity contribution >= 4 is 5.97 Å². The minimum absolute atomic E-state index is 0.0916. The molecule has 0 unspecified atom stereocenters. The lowest BCUT2D eigenvalue weighted by Crippen LogP contribution is -2.48. The molecular weight excluding hydrogens is 320 g/mol. The van der Waals surface area contributed by atoms with Gasteiger partial charge in [0.15, 0.2) is 5.60 Å². The molecule has 1 aromatic heterocycles. The van der Waals surface area contributed by atoms with E-state index in [-0.39, 0.29) is 25.2 Å². The molecule has 0 bridgehead atoms. The molecule has 0 radical (unpaired) electrons. The van der Waals surface area contributed by atoms with E-state index in [0.717, 1.165) is 4.57 Å². The van der Waals surface area contributed by atoms with Gasteiger partial charge < -0.3 is 19.7 Å². The van der Waals surface area contributed by atoms with Crippen molar-refractivity contribution in [3.05, 3.63) is 32.6 Å². The topological polar surface area (TPSA) is 131 Å². The Kier molecular flexibility index (Phi) is 5.26. The average molecular weight is 342 g/mol. The fraction of sp³-hybridized carbons (Fsp3) is 0.667. The summed E-state index contributed by atoms with van der Waals surface area (Å²) in [6, 6.07) is 0. The largest absolute Gasteiger partial charge is 0.464 e. The van der Waals surface area contributed by atoms with Crippen molar-refractivity contribution in [2.45, 2.75) is 45.1 Å². The number of aliphatic hydroxyl groups excluding tert-OH is 1. The van der Waals surface area contributed by atoms with Gasteiger partial charge in [-0.2, -0.15) is 0 Å². The summed E-state index contributed by atoms with van der Waals surface area (Å²) in [5.74, 6) is -1.67. The lowest BCUT2D eigenvalue weighted by molar-refractivity contribution is -0.174. The predicted octanol–water partition coefficient (Wildman–Crippen LogP) is -0.945. The molecular formula is C15H22N2O7. The lowest BCUT2D eigenvalue weighted by atomic mass is 9.85. The Labute approximate surface area is 137 Å². The van der Waals surface area contributed by atoms with E-state index in [1.54, 1.807) is 6.92 Å². The number of hydrogen-bond donors (Lipinski definition) is 3. The van der Waals surface area contributed by atoms with Crippen LogP contribution in [0.3, 0.4) is 0 Å². The van der Waals surface area contributed by atoms with Crippen molar-refractivity contribution < 1.29 is 24.5 Å². The van der Waals surface area contributed by atoms with E-state index in [1.807, 2.05) is 0 Å². The van der Waals surface area contributed by atoms with E-state index in [9.17, 15) is 24.6 Å². The molecule has 4 atom stereocenters. The van der Waals surface area contributed by atoms with E-state index in [0.29, 0.717) is 0 Å². The molecule has 0 aliphatic carbocycles. The fourth-order valence-electron chi connectivity index (χ4n) is 2.84. The molecule has 24 heavy (non-hydrogen) atoms. The smallest absolute Gasteiger partial charge is 0.338 e. The molecule has 0 aromatic carbocycles. The van der Waals surface area contributed by atoms with E-state index in [2.05, 4.69) is 4.98 Å². The highest BCUT2D eigenvalue weighted by Crippen LogP contribution is 2.41. The van der Waals surface area contributed by atoms with Crippen LogP contribution in [-0.4, -0.2) is 50.7 Å². The zero-order chi connectivity index (χ0) is 18.1. The quantitative estimate of drug-likeness (QED) is 0.588. The van der Waals surface area contributed by atoms with Crippen molar-refractivity contribution in [1.29, 1.82) is 0 Å². The molecule has 9 nitrogen and oxygen atoms in total. The first-order chi connectivity index (χ1) is 11.2. The van der Waals surface area contributed by atoms with Gasteiger partial charge in [-0.05, 0) is 27.2 Å². The summed E-state index contributed by atoms with van der Waals surface area (Å²) in [5.41, 5.74) is -2.89. The standard InChI is InChI=1S/C15H22N2O7/c1-4-23-13(20)15(3,22)10-5-9(7-18)24-12(10)17-6-8(2)11(19)16-14(17)21/h6,9-10,12,18,22H,4-5,7H2,1-3H3,(H,16,19,21)/t9-,10+,12+,15-/m0/s1. The van der Waals surface area contributed by atoms with Crippen LogP contribution < -0.4 is 11.2 Å². The molecule has 1 aliphatic heterocycles. The monoisotopic (exact) mass is 342 g/mol.